The summed E-state index contributed by atoms with van der Waals surface area (Å²) in [5, 5.41) is 21.0. The van der Waals surface area contributed by atoms with Crippen molar-refractivity contribution >= 4 is 34.4 Å². The lowest BCUT2D eigenvalue weighted by molar-refractivity contribution is -0.113. The predicted molar refractivity (Wildman–Crippen MR) is 133 cm³/mol. The molecule has 0 bridgehead atoms. The zero-order chi connectivity index (χ0) is 23.5. The van der Waals surface area contributed by atoms with Crippen molar-refractivity contribution < 1.29 is 4.79 Å². The summed E-state index contributed by atoms with van der Waals surface area (Å²) >= 11 is 1.35. The van der Waals surface area contributed by atoms with Gasteiger partial charge in [-0.05, 0) is 49.2 Å². The lowest BCUT2D eigenvalue weighted by Crippen LogP contribution is -2.16. The first kappa shape index (κ1) is 21.8. The van der Waals surface area contributed by atoms with E-state index in [9.17, 15) is 4.79 Å². The normalized spacial score (nSPS) is 11.1. The Hall–Kier alpha value is -3.98. The Morgan fingerprint density at radius 2 is 1.62 bits per heavy atom. The molecule has 0 aliphatic carbocycles. The third-order valence-corrected chi connectivity index (χ3v) is 6.43. The highest BCUT2D eigenvalue weighted by Crippen LogP contribution is 2.24. The van der Waals surface area contributed by atoms with E-state index in [2.05, 4.69) is 25.8 Å². The maximum Gasteiger partial charge on any atom is 0.234 e. The molecule has 170 valence electrons. The van der Waals surface area contributed by atoms with Crippen molar-refractivity contribution in [2.24, 2.45) is 0 Å². The number of amides is 1. The molecule has 0 fully saturated rings. The number of fused-ring (bicyclic) bond motifs is 1. The number of carbonyl (C=O) groups is 1. The summed E-state index contributed by atoms with van der Waals surface area (Å²) in [6.07, 6.45) is 0. The van der Waals surface area contributed by atoms with Crippen molar-refractivity contribution in [3.05, 3.63) is 89.7 Å². The monoisotopic (exact) mass is 469 g/mol. The van der Waals surface area contributed by atoms with Gasteiger partial charge < -0.3 is 5.32 Å². The lowest BCUT2D eigenvalue weighted by atomic mass is 10.1. The van der Waals surface area contributed by atoms with Gasteiger partial charge in [0, 0.05) is 11.4 Å². The number of carbonyl (C=O) groups excluding carboxylic acids is 1. The third kappa shape index (κ3) is 4.42. The van der Waals surface area contributed by atoms with Crippen LogP contribution in [0.2, 0.25) is 0 Å². The fourth-order valence-corrected chi connectivity index (χ4v) is 4.59. The van der Waals surface area contributed by atoms with Crippen molar-refractivity contribution in [2.75, 3.05) is 11.1 Å². The van der Waals surface area contributed by atoms with E-state index in [4.69, 9.17) is 0 Å². The summed E-state index contributed by atoms with van der Waals surface area (Å²) < 4.78 is 3.77. The van der Waals surface area contributed by atoms with Crippen LogP contribution in [0.4, 0.5) is 5.69 Å². The van der Waals surface area contributed by atoms with Gasteiger partial charge in [0.1, 0.15) is 12.1 Å². The highest BCUT2D eigenvalue weighted by Gasteiger charge is 2.18. The van der Waals surface area contributed by atoms with Crippen LogP contribution in [0.1, 0.15) is 17.0 Å². The van der Waals surface area contributed by atoms with E-state index in [0.29, 0.717) is 17.5 Å². The minimum absolute atomic E-state index is 0.0890. The first-order chi connectivity index (χ1) is 16.6. The molecule has 2 aromatic heterocycles. The fraction of sp³-hybridized carbons (Fsp3) is 0.160. The highest BCUT2D eigenvalue weighted by molar-refractivity contribution is 7.99. The number of aromatic nitrogens is 6. The van der Waals surface area contributed by atoms with Gasteiger partial charge in [-0.1, -0.05) is 65.5 Å². The number of rotatable bonds is 7. The summed E-state index contributed by atoms with van der Waals surface area (Å²) in [7, 11) is 0. The Labute approximate surface area is 201 Å². The molecule has 0 saturated heterocycles. The van der Waals surface area contributed by atoms with Gasteiger partial charge in [-0.2, -0.15) is 0 Å². The minimum Gasteiger partial charge on any atom is -0.325 e. The molecule has 0 unspecified atom stereocenters. The van der Waals surface area contributed by atoms with Crippen molar-refractivity contribution in [3.8, 4) is 5.69 Å². The molecule has 0 aliphatic rings. The average Bonchev–Trinajstić information content (AvgIpc) is 3.45. The van der Waals surface area contributed by atoms with Gasteiger partial charge >= 0.3 is 0 Å². The first-order valence-electron chi connectivity index (χ1n) is 10.9. The minimum atomic E-state index is -0.0890. The molecular weight excluding hydrogens is 446 g/mol. The van der Waals surface area contributed by atoms with Crippen LogP contribution in [0.25, 0.3) is 16.7 Å². The highest BCUT2D eigenvalue weighted by atomic mass is 32.2. The molecule has 0 saturated carbocycles. The number of aryl methyl sites for hydroxylation is 2. The van der Waals surface area contributed by atoms with E-state index >= 15 is 0 Å². The number of para-hydroxylation sites is 3. The Balaban J connectivity index is 1.40. The second kappa shape index (κ2) is 9.48. The topological polar surface area (TPSA) is 90.5 Å². The number of hydrogen-bond donors (Lipinski definition) is 1. The Morgan fingerprint density at radius 3 is 2.41 bits per heavy atom. The Bertz CT molecular complexity index is 1440. The van der Waals surface area contributed by atoms with Crippen molar-refractivity contribution in [1.29, 1.82) is 0 Å². The number of nitrogens with one attached hydrogen (secondary N) is 1. The molecule has 0 spiro atoms. The van der Waals surface area contributed by atoms with Crippen molar-refractivity contribution in [1.82, 2.24) is 29.8 Å². The first-order valence-corrected chi connectivity index (χ1v) is 11.9. The van der Waals surface area contributed by atoms with Crippen LogP contribution in [0.3, 0.4) is 0 Å². The maximum atomic E-state index is 12.7. The van der Waals surface area contributed by atoms with Crippen molar-refractivity contribution in [2.45, 2.75) is 25.5 Å². The second-order valence-electron chi connectivity index (χ2n) is 7.91. The van der Waals surface area contributed by atoms with Crippen LogP contribution in [-0.2, 0) is 11.3 Å². The fourth-order valence-electron chi connectivity index (χ4n) is 3.82. The van der Waals surface area contributed by atoms with Gasteiger partial charge in [0.05, 0.1) is 11.3 Å². The summed E-state index contributed by atoms with van der Waals surface area (Å²) in [5.41, 5.74) is 5.60. The van der Waals surface area contributed by atoms with Crippen LogP contribution in [0.5, 0.6) is 0 Å². The average molecular weight is 470 g/mol. The van der Waals surface area contributed by atoms with Gasteiger partial charge in [-0.3, -0.25) is 9.36 Å². The van der Waals surface area contributed by atoms with Gasteiger partial charge in [0.2, 0.25) is 5.91 Å². The Kier molecular flexibility index (Phi) is 6.09. The molecule has 5 aromatic rings. The zero-order valence-corrected chi connectivity index (χ0v) is 19.7. The maximum absolute atomic E-state index is 12.7. The summed E-state index contributed by atoms with van der Waals surface area (Å²) in [6.45, 7) is 4.38. The molecule has 0 radical (unpaired) electrons. The van der Waals surface area contributed by atoms with E-state index in [-0.39, 0.29) is 11.7 Å². The Morgan fingerprint density at radius 1 is 0.882 bits per heavy atom. The molecule has 34 heavy (non-hydrogen) atoms. The standard InChI is InChI=1S/C25H23N7OS/c1-17-9-8-10-18(2)24(17)26-23(33)16-34-25-29-28-22(32(25)19-11-4-3-5-12-19)15-31-21-14-7-6-13-20(21)27-30-31/h3-14H,15-16H2,1-2H3,(H,26,33). The number of hydrogen-bond acceptors (Lipinski definition) is 6. The number of benzene rings is 3. The zero-order valence-electron chi connectivity index (χ0n) is 18.8. The largest absolute Gasteiger partial charge is 0.325 e. The van der Waals surface area contributed by atoms with E-state index < -0.39 is 0 Å². The number of thioether (sulfide) groups is 1. The lowest BCUT2D eigenvalue weighted by Gasteiger charge is -2.12. The van der Waals surface area contributed by atoms with E-state index in [1.807, 2.05) is 91.2 Å². The molecule has 1 amide bonds. The number of nitrogens with zero attached hydrogens (tertiary/aromatic N) is 6. The number of anilines is 1. The van der Waals surface area contributed by atoms with Gasteiger partial charge in [0.15, 0.2) is 11.0 Å². The molecule has 8 nitrogen and oxygen atoms in total. The summed E-state index contributed by atoms with van der Waals surface area (Å²) in [4.78, 5) is 12.7. The van der Waals surface area contributed by atoms with Crippen LogP contribution in [0.15, 0.2) is 78.0 Å². The summed E-state index contributed by atoms with van der Waals surface area (Å²) in [5.74, 6) is 0.832. The van der Waals surface area contributed by atoms with Crippen LogP contribution in [-0.4, -0.2) is 41.4 Å². The third-order valence-electron chi connectivity index (χ3n) is 5.50. The van der Waals surface area contributed by atoms with Gasteiger partial charge in [-0.25, -0.2) is 4.68 Å². The smallest absolute Gasteiger partial charge is 0.234 e. The van der Waals surface area contributed by atoms with E-state index in [1.54, 1.807) is 4.68 Å². The van der Waals surface area contributed by atoms with Crippen LogP contribution in [0, 0.1) is 13.8 Å². The molecule has 9 heteroatoms. The predicted octanol–water partition coefficient (Wildman–Crippen LogP) is 4.41. The van der Waals surface area contributed by atoms with Gasteiger partial charge in [-0.15, -0.1) is 15.3 Å². The SMILES string of the molecule is Cc1cccc(C)c1NC(=O)CSc1nnc(Cn2nnc3ccccc32)n1-c1ccccc1. The molecule has 3 aromatic carbocycles. The van der Waals surface area contributed by atoms with Crippen LogP contribution >= 0.6 is 11.8 Å². The van der Waals surface area contributed by atoms with E-state index in [1.165, 1.54) is 11.8 Å². The molecular formula is C25H23N7OS. The molecule has 0 aliphatic heterocycles. The van der Waals surface area contributed by atoms with E-state index in [0.717, 1.165) is 33.5 Å². The van der Waals surface area contributed by atoms with Gasteiger partial charge in [0.25, 0.3) is 0 Å². The molecule has 5 rings (SSSR count). The molecule has 0 atom stereocenters. The summed E-state index contributed by atoms with van der Waals surface area (Å²) in [6, 6.07) is 23.6. The van der Waals surface area contributed by atoms with Crippen LogP contribution < -0.4 is 5.32 Å². The molecule has 2 heterocycles. The quantitative estimate of drug-likeness (QED) is 0.355. The molecule has 1 N–H and O–H groups in total. The van der Waals surface area contributed by atoms with Crippen molar-refractivity contribution in [3.63, 3.8) is 0 Å². The second-order valence-corrected chi connectivity index (χ2v) is 8.85.